The molecule has 0 radical (unpaired) electrons. The molecule has 3 aromatic rings. The highest BCUT2D eigenvalue weighted by Gasteiger charge is 2.22. The number of carbonyl (C=O) groups is 2. The molecule has 156 valence electrons. The van der Waals surface area contributed by atoms with Crippen molar-refractivity contribution >= 4 is 40.7 Å². The lowest BCUT2D eigenvalue weighted by atomic mass is 10.2. The number of rotatable bonds is 5. The predicted octanol–water partition coefficient (Wildman–Crippen LogP) is 5.25. The fraction of sp³-hybridized carbons (Fsp3) is 0.182. The number of anilines is 1. The van der Waals surface area contributed by atoms with Crippen molar-refractivity contribution in [3.05, 3.63) is 81.3 Å². The number of benzene rings is 2. The Labute approximate surface area is 184 Å². The molecule has 1 N–H and O–H groups in total. The number of nitrogens with zero attached hydrogens (tertiary/aromatic N) is 2. The van der Waals surface area contributed by atoms with Crippen LogP contribution in [0.2, 0.25) is 10.0 Å². The van der Waals surface area contributed by atoms with E-state index in [1.807, 2.05) is 11.5 Å². The standard InChI is InChI=1S/C22H20Cl2FN3O2/c1-13-11-17(14(2)28(13)16-9-7-15(25)8-10-16)22(30)27(3)12-20(29)26-21-18(23)5-4-6-19(21)24/h4-11H,12H2,1-3H3,(H,26,29). The number of halogens is 3. The summed E-state index contributed by atoms with van der Waals surface area (Å²) < 4.78 is 15.1. The van der Waals surface area contributed by atoms with Crippen molar-refractivity contribution in [3.8, 4) is 5.69 Å². The number of amides is 2. The van der Waals surface area contributed by atoms with Gasteiger partial charge in [0.05, 0.1) is 27.8 Å². The van der Waals surface area contributed by atoms with Gasteiger partial charge in [-0.3, -0.25) is 9.59 Å². The van der Waals surface area contributed by atoms with Crippen LogP contribution in [0.5, 0.6) is 0 Å². The van der Waals surface area contributed by atoms with Crippen molar-refractivity contribution in [2.75, 3.05) is 18.9 Å². The third-order valence-electron chi connectivity index (χ3n) is 4.70. The molecule has 0 aliphatic heterocycles. The highest BCUT2D eigenvalue weighted by molar-refractivity contribution is 6.39. The Kier molecular flexibility index (Phi) is 6.48. The van der Waals surface area contributed by atoms with Crippen molar-refractivity contribution in [2.45, 2.75) is 13.8 Å². The highest BCUT2D eigenvalue weighted by atomic mass is 35.5. The van der Waals surface area contributed by atoms with Gasteiger partial charge in [0, 0.05) is 24.1 Å². The average Bonchev–Trinajstić information content (AvgIpc) is 2.99. The average molecular weight is 448 g/mol. The topological polar surface area (TPSA) is 54.3 Å². The Bertz CT molecular complexity index is 1090. The van der Waals surface area contributed by atoms with Crippen LogP contribution in [0.15, 0.2) is 48.5 Å². The van der Waals surface area contributed by atoms with Gasteiger partial charge in [-0.15, -0.1) is 0 Å². The lowest BCUT2D eigenvalue weighted by Gasteiger charge is -2.18. The molecule has 0 saturated heterocycles. The molecule has 8 heteroatoms. The van der Waals surface area contributed by atoms with Crippen molar-refractivity contribution in [1.29, 1.82) is 0 Å². The Morgan fingerprint density at radius 1 is 1.07 bits per heavy atom. The molecule has 0 saturated carbocycles. The van der Waals surface area contributed by atoms with Gasteiger partial charge >= 0.3 is 0 Å². The van der Waals surface area contributed by atoms with Gasteiger partial charge in [0.1, 0.15) is 5.82 Å². The van der Waals surface area contributed by atoms with Crippen molar-refractivity contribution in [2.24, 2.45) is 0 Å². The molecule has 3 rings (SSSR count). The molecule has 0 fully saturated rings. The summed E-state index contributed by atoms with van der Waals surface area (Å²) in [5.74, 6) is -1.06. The first kappa shape index (κ1) is 21.9. The second-order valence-electron chi connectivity index (χ2n) is 6.90. The number of hydrogen-bond donors (Lipinski definition) is 1. The molecule has 0 spiro atoms. The van der Waals surface area contributed by atoms with Gasteiger partial charge in [0.2, 0.25) is 5.91 Å². The van der Waals surface area contributed by atoms with E-state index in [4.69, 9.17) is 23.2 Å². The number of carbonyl (C=O) groups excluding carboxylic acids is 2. The van der Waals surface area contributed by atoms with E-state index in [1.165, 1.54) is 17.0 Å². The molecule has 0 aliphatic rings. The summed E-state index contributed by atoms with van der Waals surface area (Å²) in [5.41, 5.74) is 3.04. The molecule has 1 aromatic heterocycles. The second-order valence-corrected chi connectivity index (χ2v) is 7.72. The van der Waals surface area contributed by atoms with Crippen molar-refractivity contribution < 1.29 is 14.0 Å². The molecular weight excluding hydrogens is 428 g/mol. The highest BCUT2D eigenvalue weighted by Crippen LogP contribution is 2.29. The number of aromatic nitrogens is 1. The summed E-state index contributed by atoms with van der Waals surface area (Å²) >= 11 is 12.1. The summed E-state index contributed by atoms with van der Waals surface area (Å²) in [6.45, 7) is 3.49. The zero-order chi connectivity index (χ0) is 22.0. The third kappa shape index (κ3) is 4.50. The first-order chi connectivity index (χ1) is 14.2. The molecule has 0 bridgehead atoms. The fourth-order valence-electron chi connectivity index (χ4n) is 3.26. The van der Waals surface area contributed by atoms with E-state index in [0.29, 0.717) is 27.0 Å². The second kappa shape index (κ2) is 8.90. The van der Waals surface area contributed by atoms with E-state index in [2.05, 4.69) is 5.32 Å². The van der Waals surface area contributed by atoms with E-state index < -0.39 is 5.91 Å². The van der Waals surface area contributed by atoms with Gasteiger partial charge in [-0.25, -0.2) is 4.39 Å². The number of likely N-dealkylation sites (N-methyl/N-ethyl adjacent to an activating group) is 1. The quantitative estimate of drug-likeness (QED) is 0.580. The predicted molar refractivity (Wildman–Crippen MR) is 117 cm³/mol. The first-order valence-corrected chi connectivity index (χ1v) is 9.89. The Morgan fingerprint density at radius 2 is 1.67 bits per heavy atom. The minimum atomic E-state index is -0.423. The molecule has 0 aliphatic carbocycles. The van der Waals surface area contributed by atoms with Crippen LogP contribution in [0.25, 0.3) is 5.69 Å². The van der Waals surface area contributed by atoms with Crippen molar-refractivity contribution in [3.63, 3.8) is 0 Å². The Balaban J connectivity index is 1.77. The van der Waals surface area contributed by atoms with E-state index in [9.17, 15) is 14.0 Å². The Morgan fingerprint density at radius 3 is 2.27 bits per heavy atom. The summed E-state index contributed by atoms with van der Waals surface area (Å²) in [6.07, 6.45) is 0. The van der Waals surface area contributed by atoms with Crippen LogP contribution in [0, 0.1) is 19.7 Å². The van der Waals surface area contributed by atoms with Crippen LogP contribution in [0.4, 0.5) is 10.1 Å². The molecular formula is C22H20Cl2FN3O2. The number of para-hydroxylation sites is 1. The van der Waals surface area contributed by atoms with Crippen LogP contribution in [0.3, 0.4) is 0 Å². The van der Waals surface area contributed by atoms with Crippen LogP contribution in [-0.2, 0) is 4.79 Å². The van der Waals surface area contributed by atoms with Gasteiger partial charge in [0.25, 0.3) is 5.91 Å². The van der Waals surface area contributed by atoms with Crippen LogP contribution >= 0.6 is 23.2 Å². The number of nitrogens with one attached hydrogen (secondary N) is 1. The van der Waals surface area contributed by atoms with Crippen molar-refractivity contribution in [1.82, 2.24) is 9.47 Å². The SMILES string of the molecule is Cc1cc(C(=O)N(C)CC(=O)Nc2c(Cl)cccc2Cl)c(C)n1-c1ccc(F)cc1. The molecule has 30 heavy (non-hydrogen) atoms. The van der Waals surface area contributed by atoms with E-state index in [-0.39, 0.29) is 18.3 Å². The first-order valence-electron chi connectivity index (χ1n) is 9.13. The van der Waals surface area contributed by atoms with Gasteiger partial charge in [0.15, 0.2) is 0 Å². The normalized spacial score (nSPS) is 10.7. The van der Waals surface area contributed by atoms with Gasteiger partial charge in [-0.1, -0.05) is 29.3 Å². The largest absolute Gasteiger partial charge is 0.332 e. The molecule has 5 nitrogen and oxygen atoms in total. The zero-order valence-corrected chi connectivity index (χ0v) is 18.2. The molecule has 0 unspecified atom stereocenters. The third-order valence-corrected chi connectivity index (χ3v) is 5.33. The van der Waals surface area contributed by atoms with Gasteiger partial charge < -0.3 is 14.8 Å². The summed E-state index contributed by atoms with van der Waals surface area (Å²) in [4.78, 5) is 26.7. The van der Waals surface area contributed by atoms with Crippen LogP contribution in [-0.4, -0.2) is 34.9 Å². The molecule has 2 amide bonds. The monoisotopic (exact) mass is 447 g/mol. The lowest BCUT2D eigenvalue weighted by Crippen LogP contribution is -2.35. The van der Waals surface area contributed by atoms with E-state index >= 15 is 0 Å². The molecule has 0 atom stereocenters. The van der Waals surface area contributed by atoms with E-state index in [1.54, 1.807) is 50.4 Å². The summed E-state index contributed by atoms with van der Waals surface area (Å²) in [7, 11) is 1.54. The summed E-state index contributed by atoms with van der Waals surface area (Å²) in [5, 5.41) is 3.27. The van der Waals surface area contributed by atoms with Crippen LogP contribution in [0.1, 0.15) is 21.7 Å². The Hall–Kier alpha value is -2.83. The van der Waals surface area contributed by atoms with Gasteiger partial charge in [-0.05, 0) is 56.3 Å². The minimum absolute atomic E-state index is 0.180. The maximum atomic E-state index is 13.2. The lowest BCUT2D eigenvalue weighted by molar-refractivity contribution is -0.116. The number of hydrogen-bond acceptors (Lipinski definition) is 2. The molecule has 1 heterocycles. The minimum Gasteiger partial charge on any atom is -0.332 e. The zero-order valence-electron chi connectivity index (χ0n) is 16.7. The maximum Gasteiger partial charge on any atom is 0.255 e. The smallest absolute Gasteiger partial charge is 0.255 e. The summed E-state index contributed by atoms with van der Waals surface area (Å²) in [6, 6.07) is 12.7. The van der Waals surface area contributed by atoms with Gasteiger partial charge in [-0.2, -0.15) is 0 Å². The maximum absolute atomic E-state index is 13.2. The van der Waals surface area contributed by atoms with Crippen LogP contribution < -0.4 is 5.32 Å². The fourth-order valence-corrected chi connectivity index (χ4v) is 3.75. The van der Waals surface area contributed by atoms with E-state index in [0.717, 1.165) is 11.4 Å². The molecule has 2 aromatic carbocycles. The number of aryl methyl sites for hydroxylation is 1.